The number of rotatable bonds is 8. The zero-order valence-corrected chi connectivity index (χ0v) is 23.7. The first kappa shape index (κ1) is 29.0. The van der Waals surface area contributed by atoms with Crippen molar-refractivity contribution in [1.82, 2.24) is 19.6 Å². The van der Waals surface area contributed by atoms with E-state index in [9.17, 15) is 12.8 Å². The van der Waals surface area contributed by atoms with Crippen LogP contribution < -0.4 is 4.72 Å². The number of benzene rings is 2. The molecule has 2 N–H and O–H groups in total. The number of H-pyrrole nitrogens is 1. The molecule has 0 spiro atoms. The van der Waals surface area contributed by atoms with Gasteiger partial charge in [0, 0.05) is 54.9 Å². The van der Waals surface area contributed by atoms with Gasteiger partial charge in [-0.15, -0.1) is 12.4 Å². The van der Waals surface area contributed by atoms with Crippen LogP contribution in [0.15, 0.2) is 84.2 Å². The van der Waals surface area contributed by atoms with E-state index >= 15 is 0 Å². The summed E-state index contributed by atoms with van der Waals surface area (Å²) in [4.78, 5) is 10.2. The highest BCUT2D eigenvalue weighted by Gasteiger charge is 2.21. The number of hydrogen-bond acceptors (Lipinski definition) is 4. The highest BCUT2D eigenvalue weighted by Crippen LogP contribution is 2.40. The molecule has 10 heteroatoms. The maximum absolute atomic E-state index is 13.8. The van der Waals surface area contributed by atoms with Crippen molar-refractivity contribution in [2.75, 3.05) is 26.7 Å². The van der Waals surface area contributed by atoms with E-state index in [1.807, 2.05) is 30.5 Å². The topological polar surface area (TPSA) is 78.1 Å². The first-order chi connectivity index (χ1) is 18.4. The Morgan fingerprint density at radius 2 is 1.82 bits per heavy atom. The van der Waals surface area contributed by atoms with E-state index in [0.717, 1.165) is 66.0 Å². The Bertz CT molecular complexity index is 1570. The molecule has 1 aliphatic heterocycles. The lowest BCUT2D eigenvalue weighted by Crippen LogP contribution is -2.30. The van der Waals surface area contributed by atoms with Crippen molar-refractivity contribution in [2.45, 2.75) is 17.7 Å². The maximum Gasteiger partial charge on any atom is 0.240 e. The number of aromatic amines is 1. The van der Waals surface area contributed by atoms with Crippen LogP contribution in [0.4, 0.5) is 4.39 Å². The second kappa shape index (κ2) is 12.4. The summed E-state index contributed by atoms with van der Waals surface area (Å²) in [7, 11) is -2.01. The van der Waals surface area contributed by atoms with E-state index in [-0.39, 0.29) is 22.3 Å². The first-order valence-electron chi connectivity index (χ1n) is 12.4. The van der Waals surface area contributed by atoms with Crippen LogP contribution >= 0.6 is 24.0 Å². The van der Waals surface area contributed by atoms with Gasteiger partial charge in [0.05, 0.1) is 15.6 Å². The minimum atomic E-state index is -3.42. The smallest absolute Gasteiger partial charge is 0.240 e. The minimum absolute atomic E-state index is 0. The fourth-order valence-corrected chi connectivity index (χ4v) is 5.68. The van der Waals surface area contributed by atoms with Gasteiger partial charge in [-0.3, -0.25) is 9.88 Å². The molecule has 0 saturated heterocycles. The average molecular weight is 588 g/mol. The summed E-state index contributed by atoms with van der Waals surface area (Å²) < 4.78 is 40.0. The molecule has 2 aromatic heterocycles. The van der Waals surface area contributed by atoms with Crippen LogP contribution in [0.3, 0.4) is 0 Å². The van der Waals surface area contributed by atoms with Crippen LogP contribution in [0, 0.1) is 5.82 Å². The zero-order chi connectivity index (χ0) is 26.7. The third-order valence-corrected chi connectivity index (χ3v) is 8.64. The Kier molecular flexibility index (Phi) is 9.25. The minimum Gasteiger partial charge on any atom is -0.360 e. The summed E-state index contributed by atoms with van der Waals surface area (Å²) in [5.74, 6) is -0.443. The summed E-state index contributed by atoms with van der Waals surface area (Å²) in [6.07, 6.45) is 9.55. The number of hydrogen-bond donors (Lipinski definition) is 2. The summed E-state index contributed by atoms with van der Waals surface area (Å²) in [6, 6.07) is 15.8. The molecule has 6 nitrogen and oxygen atoms in total. The van der Waals surface area contributed by atoms with Gasteiger partial charge in [0.15, 0.2) is 0 Å². The molecule has 0 fully saturated rings. The number of pyridine rings is 1. The van der Waals surface area contributed by atoms with E-state index < -0.39 is 15.8 Å². The molecule has 4 aromatic rings. The number of aromatic nitrogens is 2. The Morgan fingerprint density at radius 3 is 2.46 bits per heavy atom. The van der Waals surface area contributed by atoms with Crippen LogP contribution in [-0.4, -0.2) is 50.0 Å². The van der Waals surface area contributed by atoms with Crippen molar-refractivity contribution in [3.63, 3.8) is 0 Å². The molecule has 0 saturated carbocycles. The van der Waals surface area contributed by atoms with E-state index in [1.54, 1.807) is 36.7 Å². The van der Waals surface area contributed by atoms with Crippen LogP contribution in [0.2, 0.25) is 5.02 Å². The molecule has 3 heterocycles. The third-order valence-electron chi connectivity index (χ3n) is 6.92. The summed E-state index contributed by atoms with van der Waals surface area (Å²) >= 11 is 6.10. The molecule has 2 aromatic carbocycles. The van der Waals surface area contributed by atoms with Crippen molar-refractivity contribution in [1.29, 1.82) is 0 Å². The molecule has 0 bridgehead atoms. The lowest BCUT2D eigenvalue weighted by atomic mass is 9.92. The highest BCUT2D eigenvalue weighted by atomic mass is 35.5. The summed E-state index contributed by atoms with van der Waals surface area (Å²) in [5, 5.41) is 0.0881. The van der Waals surface area contributed by atoms with Crippen molar-refractivity contribution < 1.29 is 12.8 Å². The standard InChI is InChI=1S/C29H28ClFN4O2S.ClH/c1-32-38(36,37)24-5-2-20(3-6-24)10-15-35-16-11-21(12-17-35)25-19-34-29(23-4-7-27(31)26(30)18-23)28(25)22-8-13-33-14-9-22;/h2-9,11,13-14,18-19,32,34H,10,12,15-17H2,1H3;1H. The second-order valence-electron chi connectivity index (χ2n) is 9.20. The number of nitrogens with one attached hydrogen (secondary N) is 2. The first-order valence-corrected chi connectivity index (χ1v) is 14.2. The van der Waals surface area contributed by atoms with Crippen LogP contribution in [0.1, 0.15) is 17.5 Å². The van der Waals surface area contributed by atoms with E-state index in [4.69, 9.17) is 11.6 Å². The summed E-state index contributed by atoms with van der Waals surface area (Å²) in [5.41, 5.74) is 7.26. The van der Waals surface area contributed by atoms with Crippen LogP contribution in [0.5, 0.6) is 0 Å². The average Bonchev–Trinajstić information content (AvgIpc) is 3.39. The van der Waals surface area contributed by atoms with Gasteiger partial charge < -0.3 is 4.98 Å². The Hall–Kier alpha value is -3.01. The van der Waals surface area contributed by atoms with Crippen molar-refractivity contribution in [2.24, 2.45) is 0 Å². The van der Waals surface area contributed by atoms with Gasteiger partial charge in [-0.05, 0) is 79.1 Å². The zero-order valence-electron chi connectivity index (χ0n) is 21.3. The Morgan fingerprint density at radius 1 is 1.08 bits per heavy atom. The van der Waals surface area contributed by atoms with Gasteiger partial charge in [-0.25, -0.2) is 17.5 Å². The monoisotopic (exact) mass is 586 g/mol. The molecule has 204 valence electrons. The van der Waals surface area contributed by atoms with E-state index in [0.29, 0.717) is 0 Å². The lowest BCUT2D eigenvalue weighted by molar-refractivity contribution is 0.306. The largest absolute Gasteiger partial charge is 0.360 e. The molecule has 0 radical (unpaired) electrons. The van der Waals surface area contributed by atoms with Crippen LogP contribution in [-0.2, 0) is 16.4 Å². The summed E-state index contributed by atoms with van der Waals surface area (Å²) in [6.45, 7) is 2.61. The van der Waals surface area contributed by atoms with Crippen molar-refractivity contribution in [3.05, 3.63) is 101 Å². The van der Waals surface area contributed by atoms with Crippen molar-refractivity contribution >= 4 is 39.6 Å². The lowest BCUT2D eigenvalue weighted by Gasteiger charge is -2.26. The number of sulfonamides is 1. The fourth-order valence-electron chi connectivity index (χ4n) is 4.77. The van der Waals surface area contributed by atoms with Gasteiger partial charge in [0.1, 0.15) is 5.82 Å². The highest BCUT2D eigenvalue weighted by molar-refractivity contribution is 7.89. The van der Waals surface area contributed by atoms with Gasteiger partial charge in [-0.2, -0.15) is 0 Å². The predicted molar refractivity (Wildman–Crippen MR) is 157 cm³/mol. The molecular formula is C29H29Cl2FN4O2S. The normalized spacial score (nSPS) is 14.1. The molecule has 0 unspecified atom stereocenters. The molecule has 0 aliphatic carbocycles. The van der Waals surface area contributed by atoms with E-state index in [2.05, 4.69) is 25.7 Å². The molecule has 0 amide bonds. The molecular weight excluding hydrogens is 558 g/mol. The van der Waals surface area contributed by atoms with E-state index in [1.165, 1.54) is 18.7 Å². The molecule has 1 aliphatic rings. The predicted octanol–water partition coefficient (Wildman–Crippen LogP) is 6.20. The number of halogens is 3. The van der Waals surface area contributed by atoms with Crippen molar-refractivity contribution in [3.8, 4) is 22.4 Å². The van der Waals surface area contributed by atoms with Gasteiger partial charge in [0.2, 0.25) is 10.0 Å². The quantitative estimate of drug-likeness (QED) is 0.258. The number of nitrogens with zero attached hydrogens (tertiary/aromatic N) is 2. The Balaban J connectivity index is 0.00000353. The maximum atomic E-state index is 13.8. The van der Waals surface area contributed by atoms with Gasteiger partial charge >= 0.3 is 0 Å². The molecule has 0 atom stereocenters. The molecule has 39 heavy (non-hydrogen) atoms. The third kappa shape index (κ3) is 6.42. The second-order valence-corrected chi connectivity index (χ2v) is 11.5. The SMILES string of the molecule is CNS(=O)(=O)c1ccc(CCN2CC=C(c3c[nH]c(-c4ccc(F)c(Cl)c4)c3-c3ccncc3)CC2)cc1.Cl. The van der Waals surface area contributed by atoms with Crippen LogP contribution in [0.25, 0.3) is 28.0 Å². The Labute approximate surface area is 239 Å². The molecule has 5 rings (SSSR count). The van der Waals surface area contributed by atoms with Gasteiger partial charge in [-0.1, -0.05) is 29.8 Å². The fraction of sp³-hybridized carbons (Fsp3) is 0.207. The van der Waals surface area contributed by atoms with Gasteiger partial charge in [0.25, 0.3) is 0 Å².